The van der Waals surface area contributed by atoms with Crippen LogP contribution in [0.5, 0.6) is 0 Å². The van der Waals surface area contributed by atoms with Crippen molar-refractivity contribution in [2.24, 2.45) is 11.1 Å². The summed E-state index contributed by atoms with van der Waals surface area (Å²) in [5.41, 5.74) is 11.4. The third kappa shape index (κ3) is 2.17. The van der Waals surface area contributed by atoms with Crippen LogP contribution in [0.1, 0.15) is 43.1 Å². The third-order valence-corrected chi connectivity index (χ3v) is 4.58. The van der Waals surface area contributed by atoms with Gasteiger partial charge in [-0.2, -0.15) is 0 Å². The number of rotatable bonds is 1. The van der Waals surface area contributed by atoms with E-state index < -0.39 is 0 Å². The summed E-state index contributed by atoms with van der Waals surface area (Å²) in [6.45, 7) is 6.67. The molecule has 0 fully saturated rings. The maximum absolute atomic E-state index is 6.42. The lowest BCUT2D eigenvalue weighted by Gasteiger charge is -2.34. The van der Waals surface area contributed by atoms with E-state index in [9.17, 15) is 0 Å². The summed E-state index contributed by atoms with van der Waals surface area (Å²) in [5.74, 6) is 0. The van der Waals surface area contributed by atoms with Crippen LogP contribution in [0.25, 0.3) is 5.69 Å². The van der Waals surface area contributed by atoms with Gasteiger partial charge in [0.2, 0.25) is 0 Å². The molecule has 1 atom stereocenters. The lowest BCUT2D eigenvalue weighted by atomic mass is 9.74. The number of benzene rings is 1. The van der Waals surface area contributed by atoms with Gasteiger partial charge < -0.3 is 10.3 Å². The van der Waals surface area contributed by atoms with Gasteiger partial charge in [-0.05, 0) is 48.4 Å². The molecule has 2 N–H and O–H groups in total. The normalized spacial score (nSPS) is 20.8. The maximum atomic E-state index is 6.42. The minimum absolute atomic E-state index is 0.123. The molecule has 0 radical (unpaired) electrons. The molecule has 0 bridgehead atoms. The molecule has 2 nitrogen and oxygen atoms in total. The molecule has 20 heavy (non-hydrogen) atoms. The number of halogens is 1. The Bertz CT molecular complexity index is 635. The Kier molecular flexibility index (Phi) is 3.19. The van der Waals surface area contributed by atoms with Crippen LogP contribution in [0, 0.1) is 12.3 Å². The van der Waals surface area contributed by atoms with Crippen molar-refractivity contribution in [1.82, 2.24) is 4.57 Å². The topological polar surface area (TPSA) is 30.9 Å². The van der Waals surface area contributed by atoms with Gasteiger partial charge in [-0.15, -0.1) is 0 Å². The van der Waals surface area contributed by atoms with Crippen molar-refractivity contribution in [3.8, 4) is 5.69 Å². The number of para-hydroxylation sites is 1. The van der Waals surface area contributed by atoms with Crippen molar-refractivity contribution in [2.45, 2.75) is 39.7 Å². The molecule has 1 aromatic heterocycles. The first kappa shape index (κ1) is 13.7. The first-order chi connectivity index (χ1) is 9.39. The van der Waals surface area contributed by atoms with Crippen molar-refractivity contribution in [2.75, 3.05) is 0 Å². The highest BCUT2D eigenvalue weighted by atomic mass is 35.5. The van der Waals surface area contributed by atoms with Crippen LogP contribution in [0.2, 0.25) is 5.02 Å². The second kappa shape index (κ2) is 4.64. The number of aromatic nitrogens is 1. The van der Waals surface area contributed by atoms with E-state index in [1.54, 1.807) is 0 Å². The van der Waals surface area contributed by atoms with E-state index >= 15 is 0 Å². The van der Waals surface area contributed by atoms with Gasteiger partial charge in [-0.3, -0.25) is 0 Å². The van der Waals surface area contributed by atoms with Crippen molar-refractivity contribution >= 4 is 11.6 Å². The Morgan fingerprint density at radius 1 is 1.30 bits per heavy atom. The van der Waals surface area contributed by atoms with Crippen LogP contribution in [0.4, 0.5) is 0 Å². The molecular formula is C17H21ClN2. The number of hydrogen-bond donors (Lipinski definition) is 1. The number of fused-ring (bicyclic) bond motifs is 1. The van der Waals surface area contributed by atoms with Crippen LogP contribution in [0.3, 0.4) is 0 Å². The first-order valence-corrected chi connectivity index (χ1v) is 7.48. The van der Waals surface area contributed by atoms with Crippen molar-refractivity contribution in [3.05, 3.63) is 52.3 Å². The molecule has 0 saturated heterocycles. The van der Waals surface area contributed by atoms with Gasteiger partial charge in [0.15, 0.2) is 0 Å². The number of aryl methyl sites for hydroxylation is 1. The Hall–Kier alpha value is -1.25. The summed E-state index contributed by atoms with van der Waals surface area (Å²) < 4.78 is 2.23. The summed E-state index contributed by atoms with van der Waals surface area (Å²) >= 11 is 6.42. The molecule has 0 aliphatic heterocycles. The summed E-state index contributed by atoms with van der Waals surface area (Å²) in [7, 11) is 0. The van der Waals surface area contributed by atoms with Crippen LogP contribution in [-0.4, -0.2) is 4.57 Å². The van der Waals surface area contributed by atoms with E-state index in [1.165, 1.54) is 16.8 Å². The van der Waals surface area contributed by atoms with E-state index in [1.807, 2.05) is 12.1 Å². The molecule has 2 aromatic rings. The summed E-state index contributed by atoms with van der Waals surface area (Å²) in [6, 6.07) is 8.31. The van der Waals surface area contributed by atoms with E-state index in [4.69, 9.17) is 17.3 Å². The minimum Gasteiger partial charge on any atom is -0.324 e. The number of nitrogens with zero attached hydrogens (tertiary/aromatic N) is 1. The van der Waals surface area contributed by atoms with Crippen LogP contribution in [0.15, 0.2) is 30.5 Å². The Morgan fingerprint density at radius 3 is 2.75 bits per heavy atom. The van der Waals surface area contributed by atoms with Crippen LogP contribution >= 0.6 is 11.6 Å². The fourth-order valence-electron chi connectivity index (χ4n) is 3.37. The van der Waals surface area contributed by atoms with E-state index in [0.29, 0.717) is 0 Å². The molecule has 1 unspecified atom stereocenters. The van der Waals surface area contributed by atoms with Gasteiger partial charge in [0.1, 0.15) is 0 Å². The van der Waals surface area contributed by atoms with Gasteiger partial charge in [0.05, 0.1) is 10.7 Å². The largest absolute Gasteiger partial charge is 0.324 e. The summed E-state index contributed by atoms with van der Waals surface area (Å²) in [6.07, 6.45) is 4.18. The highest BCUT2D eigenvalue weighted by molar-refractivity contribution is 6.32. The Labute approximate surface area is 125 Å². The monoisotopic (exact) mass is 288 g/mol. The molecule has 1 aliphatic carbocycles. The van der Waals surface area contributed by atoms with Crippen molar-refractivity contribution in [1.29, 1.82) is 0 Å². The molecule has 1 aliphatic rings. The van der Waals surface area contributed by atoms with Crippen molar-refractivity contribution in [3.63, 3.8) is 0 Å². The quantitative estimate of drug-likeness (QED) is 0.828. The number of nitrogens with two attached hydrogens (primary N) is 1. The fourth-order valence-corrected chi connectivity index (χ4v) is 3.69. The second-order valence-corrected chi connectivity index (χ2v) is 7.05. The first-order valence-electron chi connectivity index (χ1n) is 7.10. The van der Waals surface area contributed by atoms with E-state index in [2.05, 4.69) is 43.7 Å². The standard InChI is InChI=1S/C17H21ClN2/c1-11-5-4-6-13(18)16(11)20-8-7-12-14(19)9-17(2,3)10-15(12)20/h4-8,14H,9-10,19H2,1-3H3. The zero-order chi connectivity index (χ0) is 14.5. The van der Waals surface area contributed by atoms with Gasteiger partial charge in [-0.1, -0.05) is 37.6 Å². The maximum Gasteiger partial charge on any atom is 0.0668 e. The number of hydrogen-bond acceptors (Lipinski definition) is 1. The molecule has 0 saturated carbocycles. The third-order valence-electron chi connectivity index (χ3n) is 4.27. The van der Waals surface area contributed by atoms with Crippen LogP contribution < -0.4 is 5.73 Å². The lowest BCUT2D eigenvalue weighted by Crippen LogP contribution is -2.30. The highest BCUT2D eigenvalue weighted by Crippen LogP contribution is 2.41. The molecule has 0 spiro atoms. The lowest BCUT2D eigenvalue weighted by molar-refractivity contribution is 0.278. The summed E-state index contributed by atoms with van der Waals surface area (Å²) in [5, 5.41) is 0.792. The molecular weight excluding hydrogens is 268 g/mol. The molecule has 1 aromatic carbocycles. The van der Waals surface area contributed by atoms with Gasteiger partial charge in [0, 0.05) is 17.9 Å². The van der Waals surface area contributed by atoms with E-state index in [-0.39, 0.29) is 11.5 Å². The molecule has 3 rings (SSSR count). The van der Waals surface area contributed by atoms with Gasteiger partial charge >= 0.3 is 0 Å². The molecule has 0 amide bonds. The second-order valence-electron chi connectivity index (χ2n) is 6.64. The average molecular weight is 289 g/mol. The zero-order valence-electron chi connectivity index (χ0n) is 12.3. The average Bonchev–Trinajstić information content (AvgIpc) is 2.71. The fraction of sp³-hybridized carbons (Fsp3) is 0.412. The summed E-state index contributed by atoms with van der Waals surface area (Å²) in [4.78, 5) is 0. The highest BCUT2D eigenvalue weighted by Gasteiger charge is 2.32. The smallest absolute Gasteiger partial charge is 0.0668 e. The van der Waals surface area contributed by atoms with Gasteiger partial charge in [0.25, 0.3) is 0 Å². The predicted octanol–water partition coefficient (Wildman–Crippen LogP) is 4.41. The SMILES string of the molecule is Cc1cccc(Cl)c1-n1ccc2c1CC(C)(C)CC2N. The predicted molar refractivity (Wildman–Crippen MR) is 84.5 cm³/mol. The van der Waals surface area contributed by atoms with E-state index in [0.717, 1.165) is 23.6 Å². The van der Waals surface area contributed by atoms with Crippen molar-refractivity contribution < 1.29 is 0 Å². The zero-order valence-corrected chi connectivity index (χ0v) is 13.0. The Balaban J connectivity index is 2.19. The molecule has 1 heterocycles. The van der Waals surface area contributed by atoms with Crippen LogP contribution in [-0.2, 0) is 6.42 Å². The minimum atomic E-state index is 0.123. The Morgan fingerprint density at radius 2 is 2.05 bits per heavy atom. The molecule has 3 heteroatoms. The van der Waals surface area contributed by atoms with Gasteiger partial charge in [-0.25, -0.2) is 0 Å². The molecule has 106 valence electrons.